The summed E-state index contributed by atoms with van der Waals surface area (Å²) in [5.41, 5.74) is 2.08. The van der Waals surface area contributed by atoms with Crippen molar-refractivity contribution < 1.29 is 33.6 Å². The third kappa shape index (κ3) is 4.71. The topological polar surface area (TPSA) is 94.5 Å². The molecule has 8 heteroatoms. The quantitative estimate of drug-likeness (QED) is 0.330. The molecule has 0 spiro atoms. The number of aliphatic hydroxyl groups excluding tert-OH is 1. The molecule has 1 saturated heterocycles. The van der Waals surface area contributed by atoms with Crippen LogP contribution in [0.25, 0.3) is 5.76 Å². The number of hydrogen-bond acceptors (Lipinski definition) is 7. The number of methoxy groups -OCH3 is 1. The first-order valence-corrected chi connectivity index (χ1v) is 11.9. The molecule has 0 saturated carbocycles. The van der Waals surface area contributed by atoms with E-state index in [2.05, 4.69) is 0 Å². The van der Waals surface area contributed by atoms with Gasteiger partial charge in [0.2, 0.25) is 0 Å². The number of likely N-dealkylation sites (tertiary alicyclic amines) is 1. The van der Waals surface area contributed by atoms with Gasteiger partial charge in [-0.3, -0.25) is 9.59 Å². The van der Waals surface area contributed by atoms with Gasteiger partial charge in [-0.05, 0) is 62.2 Å². The van der Waals surface area contributed by atoms with E-state index in [1.54, 1.807) is 30.3 Å². The second kappa shape index (κ2) is 10.4. The van der Waals surface area contributed by atoms with Crippen LogP contribution in [-0.4, -0.2) is 61.3 Å². The number of ether oxygens (including phenoxy) is 4. The molecule has 2 aromatic rings. The van der Waals surface area contributed by atoms with Gasteiger partial charge >= 0.3 is 0 Å². The van der Waals surface area contributed by atoms with Crippen LogP contribution < -0.4 is 14.2 Å². The first-order valence-electron chi connectivity index (χ1n) is 11.9. The molecule has 4 rings (SSSR count). The minimum Gasteiger partial charge on any atom is -0.507 e. The highest BCUT2D eigenvalue weighted by molar-refractivity contribution is 6.46. The van der Waals surface area contributed by atoms with E-state index in [1.807, 2.05) is 26.8 Å². The Hall–Kier alpha value is -3.52. The summed E-state index contributed by atoms with van der Waals surface area (Å²) in [6, 6.07) is 9.81. The summed E-state index contributed by atoms with van der Waals surface area (Å²) < 4.78 is 22.4. The Morgan fingerprint density at radius 3 is 2.54 bits per heavy atom. The van der Waals surface area contributed by atoms with Crippen molar-refractivity contribution in [3.63, 3.8) is 0 Å². The van der Waals surface area contributed by atoms with Crippen molar-refractivity contribution in [1.29, 1.82) is 0 Å². The molecule has 8 nitrogen and oxygen atoms in total. The second-order valence-corrected chi connectivity index (χ2v) is 8.51. The summed E-state index contributed by atoms with van der Waals surface area (Å²) in [6.07, 6.45) is 0.751. The standard InChI is InChI=1S/C27H31NO7/c1-5-33-21-10-7-17(15-22(21)34-6-2)24-23(26(30)27(31)28(24)11-12-32-4)25(29)18-8-9-20-19(14-18)13-16(3)35-20/h7-10,14-16,24,29H,5-6,11-13H2,1-4H3/b25-23+/t16-,24+/m0/s1. The highest BCUT2D eigenvalue weighted by atomic mass is 16.5. The minimum absolute atomic E-state index is 0.0321. The van der Waals surface area contributed by atoms with E-state index < -0.39 is 17.7 Å². The van der Waals surface area contributed by atoms with E-state index in [-0.39, 0.29) is 30.6 Å². The maximum Gasteiger partial charge on any atom is 0.295 e. The van der Waals surface area contributed by atoms with Crippen LogP contribution in [0.3, 0.4) is 0 Å². The number of hydrogen-bond donors (Lipinski definition) is 1. The molecule has 2 aliphatic heterocycles. The van der Waals surface area contributed by atoms with E-state index in [0.717, 1.165) is 11.3 Å². The summed E-state index contributed by atoms with van der Waals surface area (Å²) in [4.78, 5) is 27.7. The molecule has 186 valence electrons. The Labute approximate surface area is 205 Å². The van der Waals surface area contributed by atoms with Gasteiger partial charge in [0.1, 0.15) is 17.6 Å². The summed E-state index contributed by atoms with van der Waals surface area (Å²) in [5.74, 6) is 0.202. The number of carbonyl (C=O) groups excluding carboxylic acids is 2. The van der Waals surface area contributed by atoms with Gasteiger partial charge in [-0.1, -0.05) is 6.07 Å². The van der Waals surface area contributed by atoms with Gasteiger partial charge < -0.3 is 29.0 Å². The van der Waals surface area contributed by atoms with Crippen molar-refractivity contribution in [3.05, 3.63) is 58.7 Å². The lowest BCUT2D eigenvalue weighted by molar-refractivity contribution is -0.140. The molecule has 2 aromatic carbocycles. The number of aliphatic hydroxyl groups is 1. The Morgan fingerprint density at radius 2 is 1.83 bits per heavy atom. The lowest BCUT2D eigenvalue weighted by Gasteiger charge is -2.26. The third-order valence-corrected chi connectivity index (χ3v) is 6.13. The van der Waals surface area contributed by atoms with Gasteiger partial charge in [-0.15, -0.1) is 0 Å². The van der Waals surface area contributed by atoms with E-state index in [0.29, 0.717) is 42.3 Å². The fourth-order valence-corrected chi connectivity index (χ4v) is 4.61. The molecular formula is C27H31NO7. The first kappa shape index (κ1) is 24.6. The number of Topliss-reactive ketones (excluding diaryl/α,β-unsaturated/α-hetero) is 1. The maximum atomic E-state index is 13.2. The first-order chi connectivity index (χ1) is 16.9. The van der Waals surface area contributed by atoms with Crippen LogP contribution in [0.1, 0.15) is 43.5 Å². The highest BCUT2D eigenvalue weighted by Crippen LogP contribution is 2.42. The number of ketones is 1. The number of benzene rings is 2. The zero-order valence-corrected chi connectivity index (χ0v) is 20.5. The van der Waals surface area contributed by atoms with Crippen LogP contribution in [-0.2, 0) is 20.7 Å². The lowest BCUT2D eigenvalue weighted by atomic mass is 9.94. The molecule has 2 heterocycles. The molecule has 0 radical (unpaired) electrons. The Balaban J connectivity index is 1.84. The molecule has 2 aliphatic rings. The van der Waals surface area contributed by atoms with E-state index in [4.69, 9.17) is 18.9 Å². The monoisotopic (exact) mass is 481 g/mol. The van der Waals surface area contributed by atoms with Crippen molar-refractivity contribution in [1.82, 2.24) is 4.90 Å². The van der Waals surface area contributed by atoms with E-state index in [9.17, 15) is 14.7 Å². The zero-order valence-electron chi connectivity index (χ0n) is 20.5. The minimum atomic E-state index is -0.802. The molecule has 0 unspecified atom stereocenters. The van der Waals surface area contributed by atoms with Crippen LogP contribution >= 0.6 is 0 Å². The highest BCUT2D eigenvalue weighted by Gasteiger charge is 2.46. The van der Waals surface area contributed by atoms with Gasteiger partial charge in [0.25, 0.3) is 11.7 Å². The van der Waals surface area contributed by atoms with Gasteiger partial charge in [0.15, 0.2) is 11.5 Å². The normalized spacial score (nSPS) is 20.6. The molecule has 2 atom stereocenters. The summed E-state index contributed by atoms with van der Waals surface area (Å²) in [6.45, 7) is 7.04. The predicted molar refractivity (Wildman–Crippen MR) is 130 cm³/mol. The van der Waals surface area contributed by atoms with Crippen molar-refractivity contribution in [3.8, 4) is 17.2 Å². The van der Waals surface area contributed by atoms with Crippen LogP contribution in [0.15, 0.2) is 42.0 Å². The van der Waals surface area contributed by atoms with Crippen molar-refractivity contribution >= 4 is 17.4 Å². The van der Waals surface area contributed by atoms with Gasteiger partial charge in [-0.25, -0.2) is 0 Å². The maximum absolute atomic E-state index is 13.2. The van der Waals surface area contributed by atoms with Crippen LogP contribution in [0.5, 0.6) is 17.2 Å². The molecule has 35 heavy (non-hydrogen) atoms. The largest absolute Gasteiger partial charge is 0.507 e. The van der Waals surface area contributed by atoms with Crippen molar-refractivity contribution in [2.45, 2.75) is 39.3 Å². The third-order valence-electron chi connectivity index (χ3n) is 6.13. The van der Waals surface area contributed by atoms with Crippen LogP contribution in [0.4, 0.5) is 0 Å². The fraction of sp³-hybridized carbons (Fsp3) is 0.407. The average Bonchev–Trinajstić information content (AvgIpc) is 3.34. The summed E-state index contributed by atoms with van der Waals surface area (Å²) >= 11 is 0. The number of nitrogens with zero attached hydrogens (tertiary/aromatic N) is 1. The molecule has 0 aliphatic carbocycles. The molecule has 1 fully saturated rings. The van der Waals surface area contributed by atoms with E-state index in [1.165, 1.54) is 12.0 Å². The Morgan fingerprint density at radius 1 is 1.09 bits per heavy atom. The van der Waals surface area contributed by atoms with Gasteiger partial charge in [-0.2, -0.15) is 0 Å². The molecule has 0 aromatic heterocycles. The summed E-state index contributed by atoms with van der Waals surface area (Å²) in [7, 11) is 1.53. The molecule has 0 bridgehead atoms. The number of rotatable bonds is 9. The molecule has 1 N–H and O–H groups in total. The van der Waals surface area contributed by atoms with Gasteiger partial charge in [0, 0.05) is 25.6 Å². The smallest absolute Gasteiger partial charge is 0.295 e. The van der Waals surface area contributed by atoms with Crippen LogP contribution in [0.2, 0.25) is 0 Å². The molecular weight excluding hydrogens is 450 g/mol. The van der Waals surface area contributed by atoms with E-state index >= 15 is 0 Å². The number of carbonyl (C=O) groups is 2. The SMILES string of the molecule is CCOc1ccc([C@@H]2/C(=C(\O)c3ccc4c(c3)C[C@H](C)O4)C(=O)C(=O)N2CCOC)cc1OCC. The predicted octanol–water partition coefficient (Wildman–Crippen LogP) is 3.88. The van der Waals surface area contributed by atoms with Gasteiger partial charge in [0.05, 0.1) is 31.4 Å². The fourth-order valence-electron chi connectivity index (χ4n) is 4.61. The zero-order chi connectivity index (χ0) is 25.1. The van der Waals surface area contributed by atoms with Crippen LogP contribution in [0, 0.1) is 0 Å². The average molecular weight is 482 g/mol. The number of fused-ring (bicyclic) bond motifs is 1. The second-order valence-electron chi connectivity index (χ2n) is 8.51. The van der Waals surface area contributed by atoms with Crippen molar-refractivity contribution in [2.75, 3.05) is 33.5 Å². The molecule has 1 amide bonds. The number of amides is 1. The lowest BCUT2D eigenvalue weighted by Crippen LogP contribution is -2.32. The van der Waals surface area contributed by atoms with Crippen molar-refractivity contribution in [2.24, 2.45) is 0 Å². The Bertz CT molecular complexity index is 1160. The summed E-state index contributed by atoms with van der Waals surface area (Å²) in [5, 5.41) is 11.3. The Kier molecular flexibility index (Phi) is 7.31.